The maximum Gasteiger partial charge on any atom is 0.519 e. The second kappa shape index (κ2) is 10.8. The van der Waals surface area contributed by atoms with E-state index in [0.29, 0.717) is 18.6 Å². The molecule has 0 radical (unpaired) electrons. The minimum Gasteiger partial charge on any atom is -0.481 e. The van der Waals surface area contributed by atoms with Gasteiger partial charge in [0.25, 0.3) is 0 Å². The van der Waals surface area contributed by atoms with Gasteiger partial charge in [0.15, 0.2) is 23.9 Å². The highest BCUT2D eigenvalue weighted by Gasteiger charge is 2.70. The van der Waals surface area contributed by atoms with Crippen LogP contribution < -0.4 is 11.1 Å². The number of carbonyl (C=O) groups is 3. The minimum atomic E-state index is -0.813. The molecule has 47 heavy (non-hydrogen) atoms. The third kappa shape index (κ3) is 4.82. The standard InChI is InChI=1S/C38H55NO8/c1-21(2)28-26(46-32(44)47-28)20-45-31(43)39-38(9)22(3)10-12-35(6)27(38)11-13-37(8)29(35)25(40)18-23-24-19-34(5,30(41)42)15-14-33(24,4)16-17-36(23,37)7/h18,21-22,24,27,29H,10-17,19-20H2,1-9H3,(H,39,43)(H,41,42)/t22-,24-,27+,29+,33+,34-,35-,36+,37+,38+/m0/s1. The summed E-state index contributed by atoms with van der Waals surface area (Å²) < 4.78 is 15.9. The lowest BCUT2D eigenvalue weighted by atomic mass is 9.33. The third-order valence-electron chi connectivity index (χ3n) is 15.1. The lowest BCUT2D eigenvalue weighted by Crippen LogP contribution is -2.70. The molecular weight excluding hydrogens is 598 g/mol. The van der Waals surface area contributed by atoms with Gasteiger partial charge < -0.3 is 24.0 Å². The van der Waals surface area contributed by atoms with E-state index in [1.807, 2.05) is 26.8 Å². The lowest BCUT2D eigenvalue weighted by molar-refractivity contribution is -0.185. The van der Waals surface area contributed by atoms with Crippen LogP contribution in [-0.2, 0) is 20.9 Å². The van der Waals surface area contributed by atoms with E-state index in [9.17, 15) is 24.3 Å². The summed E-state index contributed by atoms with van der Waals surface area (Å²) in [5, 5.41) is 13.4. The highest BCUT2D eigenvalue weighted by Crippen LogP contribution is 2.74. The Bertz CT molecular complexity index is 1570. The molecule has 1 aromatic heterocycles. The van der Waals surface area contributed by atoms with Crippen LogP contribution in [0.3, 0.4) is 0 Å². The molecule has 1 heterocycles. The Kier molecular flexibility index (Phi) is 7.84. The first-order valence-electron chi connectivity index (χ1n) is 17.8. The molecule has 1 amide bonds. The number of hydrogen-bond acceptors (Lipinski definition) is 7. The summed E-state index contributed by atoms with van der Waals surface area (Å²) in [6.07, 6.45) is 9.03. The zero-order valence-corrected chi connectivity index (χ0v) is 29.8. The van der Waals surface area contributed by atoms with Gasteiger partial charge in [0.05, 0.1) is 5.41 Å². The topological polar surface area (TPSA) is 136 Å². The maximum atomic E-state index is 14.7. The fraction of sp³-hybridized carbons (Fsp3) is 0.789. The molecule has 4 fully saturated rings. The van der Waals surface area contributed by atoms with Crippen molar-refractivity contribution in [2.45, 2.75) is 138 Å². The highest BCUT2D eigenvalue weighted by atomic mass is 16.6. The van der Waals surface area contributed by atoms with Crippen molar-refractivity contribution in [1.29, 1.82) is 0 Å². The predicted octanol–water partition coefficient (Wildman–Crippen LogP) is 8.02. The maximum absolute atomic E-state index is 14.7. The zero-order chi connectivity index (χ0) is 34.5. The molecular formula is C38H55NO8. The number of amides is 1. The highest BCUT2D eigenvalue weighted by molar-refractivity contribution is 5.95. The molecule has 1 aromatic rings. The molecule has 0 unspecified atom stereocenters. The summed E-state index contributed by atoms with van der Waals surface area (Å²) in [4.78, 5) is 52.3. The summed E-state index contributed by atoms with van der Waals surface area (Å²) in [6, 6.07) is 0. The summed E-state index contributed by atoms with van der Waals surface area (Å²) in [5.41, 5.74) is -1.05. The number of hydrogen-bond donors (Lipinski definition) is 2. The van der Waals surface area contributed by atoms with E-state index in [2.05, 4.69) is 46.9 Å². The average Bonchev–Trinajstić information content (AvgIpc) is 3.37. The van der Waals surface area contributed by atoms with Gasteiger partial charge in [-0.25, -0.2) is 9.59 Å². The van der Waals surface area contributed by atoms with Crippen molar-refractivity contribution >= 4 is 17.8 Å². The van der Waals surface area contributed by atoms with Gasteiger partial charge in [0.2, 0.25) is 0 Å². The quantitative estimate of drug-likeness (QED) is 0.326. The van der Waals surface area contributed by atoms with Gasteiger partial charge in [-0.05, 0) is 117 Å². The van der Waals surface area contributed by atoms with E-state index in [1.165, 1.54) is 5.57 Å². The molecule has 2 N–H and O–H groups in total. The number of allylic oxidation sites excluding steroid dienone is 2. The van der Waals surface area contributed by atoms with Gasteiger partial charge in [-0.15, -0.1) is 0 Å². The smallest absolute Gasteiger partial charge is 0.481 e. The molecule has 0 saturated heterocycles. The SMILES string of the molecule is CC(C)c1oc(=O)oc1COC(=O)N[C@@]1(C)[C@@H]2CC[C@]3(C)[C@H](C(=O)C=C4[C@@H]5C[C@@](C)(C(=O)O)CC[C@]5(C)CC[C@]43C)[C@@]2(C)CC[C@@H]1C. The number of rotatable bonds is 5. The van der Waals surface area contributed by atoms with Crippen LogP contribution in [0.4, 0.5) is 4.79 Å². The van der Waals surface area contributed by atoms with Crippen LogP contribution in [0.2, 0.25) is 0 Å². The van der Waals surface area contributed by atoms with Gasteiger partial charge in [-0.3, -0.25) is 9.59 Å². The minimum absolute atomic E-state index is 0.00292. The molecule has 9 heteroatoms. The summed E-state index contributed by atoms with van der Waals surface area (Å²) in [5.74, 6) is -0.810. The van der Waals surface area contributed by atoms with Crippen LogP contribution in [0.5, 0.6) is 0 Å². The van der Waals surface area contributed by atoms with E-state index in [0.717, 1.165) is 44.9 Å². The average molecular weight is 654 g/mol. The van der Waals surface area contributed by atoms with Crippen molar-refractivity contribution < 1.29 is 33.1 Å². The molecule has 9 nitrogen and oxygen atoms in total. The van der Waals surface area contributed by atoms with Crippen molar-refractivity contribution in [2.75, 3.05) is 0 Å². The predicted molar refractivity (Wildman–Crippen MR) is 176 cm³/mol. The van der Waals surface area contributed by atoms with Gasteiger partial charge in [0, 0.05) is 17.4 Å². The Labute approximate surface area is 278 Å². The van der Waals surface area contributed by atoms with Gasteiger partial charge >= 0.3 is 17.9 Å². The largest absolute Gasteiger partial charge is 0.519 e. The molecule has 6 rings (SSSR count). The second-order valence-corrected chi connectivity index (χ2v) is 17.9. The summed E-state index contributed by atoms with van der Waals surface area (Å²) in [6.45, 7) is 19.0. The van der Waals surface area contributed by atoms with Crippen molar-refractivity contribution in [3.05, 3.63) is 33.8 Å². The van der Waals surface area contributed by atoms with E-state index < -0.39 is 28.8 Å². The lowest BCUT2D eigenvalue weighted by Gasteiger charge is -2.70. The van der Waals surface area contributed by atoms with E-state index >= 15 is 0 Å². The molecule has 0 bridgehead atoms. The van der Waals surface area contributed by atoms with Crippen LogP contribution in [-0.4, -0.2) is 28.5 Å². The normalized spacial score (nSPS) is 44.4. The van der Waals surface area contributed by atoms with Crippen LogP contribution in [0.15, 0.2) is 25.3 Å². The fourth-order valence-corrected chi connectivity index (χ4v) is 11.7. The number of carbonyl (C=O) groups excluding carboxylic acids is 2. The first kappa shape index (κ1) is 34.0. The number of carboxylic acids is 1. The Balaban J connectivity index is 1.30. The summed E-state index contributed by atoms with van der Waals surface area (Å²) >= 11 is 0. The number of alkyl carbamates (subject to hydrolysis) is 1. The van der Waals surface area contributed by atoms with E-state index in [4.69, 9.17) is 13.6 Å². The Morgan fingerprint density at radius 3 is 2.32 bits per heavy atom. The Morgan fingerprint density at radius 2 is 1.66 bits per heavy atom. The molecule has 0 spiro atoms. The molecule has 5 aliphatic carbocycles. The number of ketones is 1. The number of ether oxygens (including phenoxy) is 1. The third-order valence-corrected chi connectivity index (χ3v) is 15.1. The van der Waals surface area contributed by atoms with E-state index in [1.54, 1.807) is 0 Å². The van der Waals surface area contributed by atoms with Crippen molar-refractivity contribution in [3.63, 3.8) is 0 Å². The van der Waals surface area contributed by atoms with Gasteiger partial charge in [0.1, 0.15) is 0 Å². The van der Waals surface area contributed by atoms with E-state index in [-0.39, 0.29) is 69.4 Å². The molecule has 260 valence electrons. The molecule has 5 aliphatic rings. The van der Waals surface area contributed by atoms with Gasteiger partial charge in [-0.2, -0.15) is 0 Å². The second-order valence-electron chi connectivity index (χ2n) is 17.9. The Morgan fingerprint density at radius 1 is 0.979 bits per heavy atom. The number of aliphatic carboxylic acids is 1. The van der Waals surface area contributed by atoms with Crippen LogP contribution in [0.25, 0.3) is 0 Å². The van der Waals surface area contributed by atoms with Crippen LogP contribution >= 0.6 is 0 Å². The number of nitrogens with one attached hydrogen (secondary N) is 1. The first-order valence-corrected chi connectivity index (χ1v) is 17.8. The fourth-order valence-electron chi connectivity index (χ4n) is 11.7. The first-order chi connectivity index (χ1) is 21.7. The van der Waals surface area contributed by atoms with Crippen LogP contribution in [0, 0.1) is 50.7 Å². The molecule has 4 saturated carbocycles. The molecule has 10 atom stereocenters. The van der Waals surface area contributed by atoms with Crippen molar-refractivity contribution in [2.24, 2.45) is 50.7 Å². The summed E-state index contributed by atoms with van der Waals surface area (Å²) in [7, 11) is 0. The molecule has 0 aromatic carbocycles. The monoisotopic (exact) mass is 653 g/mol. The Hall–Kier alpha value is -2.84. The zero-order valence-electron chi connectivity index (χ0n) is 29.8. The number of carboxylic acid groups (broad SMARTS) is 1. The number of fused-ring (bicyclic) bond motifs is 7. The van der Waals surface area contributed by atoms with Gasteiger partial charge in [-0.1, -0.05) is 54.0 Å². The van der Waals surface area contributed by atoms with Crippen molar-refractivity contribution in [1.82, 2.24) is 5.32 Å². The molecule has 0 aliphatic heterocycles. The van der Waals surface area contributed by atoms with Crippen molar-refractivity contribution in [3.8, 4) is 0 Å². The van der Waals surface area contributed by atoms with Crippen LogP contribution in [0.1, 0.15) is 138 Å².